The van der Waals surface area contributed by atoms with Gasteiger partial charge in [-0.25, -0.2) is 0 Å². The first kappa shape index (κ1) is 24.3. The predicted molar refractivity (Wildman–Crippen MR) is 140 cm³/mol. The quantitative estimate of drug-likeness (QED) is 0.448. The zero-order valence-electron chi connectivity index (χ0n) is 20.2. The molecule has 0 atom stereocenters. The van der Waals surface area contributed by atoms with Gasteiger partial charge in [0, 0.05) is 36.4 Å². The summed E-state index contributed by atoms with van der Waals surface area (Å²) < 4.78 is 5.81. The molecule has 2 amide bonds. The van der Waals surface area contributed by atoms with E-state index in [1.54, 1.807) is 24.3 Å². The van der Waals surface area contributed by atoms with Gasteiger partial charge in [0.2, 0.25) is 5.91 Å². The number of nitrogens with zero attached hydrogens (tertiary/aromatic N) is 1. The Bertz CT molecular complexity index is 1090. The third-order valence-corrected chi connectivity index (χ3v) is 6.30. The lowest BCUT2D eigenvalue weighted by atomic mass is 9.98. The van der Waals surface area contributed by atoms with Crippen LogP contribution in [0.3, 0.4) is 0 Å². The van der Waals surface area contributed by atoms with Crippen LogP contribution in [0.2, 0.25) is 0 Å². The van der Waals surface area contributed by atoms with E-state index in [2.05, 4.69) is 29.7 Å². The van der Waals surface area contributed by atoms with Crippen molar-refractivity contribution in [1.82, 2.24) is 4.90 Å². The van der Waals surface area contributed by atoms with Gasteiger partial charge >= 0.3 is 0 Å². The maximum absolute atomic E-state index is 12.7. The van der Waals surface area contributed by atoms with E-state index in [-0.39, 0.29) is 18.4 Å². The van der Waals surface area contributed by atoms with Gasteiger partial charge < -0.3 is 20.3 Å². The molecule has 0 unspecified atom stereocenters. The molecule has 182 valence electrons. The summed E-state index contributed by atoms with van der Waals surface area (Å²) in [5.74, 6) is 1.38. The Labute approximate surface area is 207 Å². The van der Waals surface area contributed by atoms with E-state index < -0.39 is 0 Å². The zero-order valence-corrected chi connectivity index (χ0v) is 20.2. The SMILES string of the molecule is CC1CCN(C(=O)c2ccc(NC(=O)CNc3ccc(OCCc4ccccc4)cc3)cc2)CC1. The van der Waals surface area contributed by atoms with E-state index in [4.69, 9.17) is 4.74 Å². The van der Waals surface area contributed by atoms with Crippen molar-refractivity contribution < 1.29 is 14.3 Å². The number of amides is 2. The molecule has 1 aliphatic heterocycles. The van der Waals surface area contributed by atoms with Gasteiger partial charge in [-0.3, -0.25) is 9.59 Å². The third-order valence-electron chi connectivity index (χ3n) is 6.30. The number of piperidine rings is 1. The van der Waals surface area contributed by atoms with Crippen molar-refractivity contribution in [3.63, 3.8) is 0 Å². The average molecular weight is 472 g/mol. The molecule has 1 heterocycles. The molecule has 0 bridgehead atoms. The number of hydrogen-bond donors (Lipinski definition) is 2. The second-order valence-electron chi connectivity index (χ2n) is 9.06. The van der Waals surface area contributed by atoms with E-state index in [1.807, 2.05) is 47.4 Å². The molecular weight excluding hydrogens is 438 g/mol. The van der Waals surface area contributed by atoms with Crippen LogP contribution >= 0.6 is 0 Å². The standard InChI is InChI=1S/C29H33N3O3/c1-22-15-18-32(19-16-22)29(34)24-7-9-26(10-8-24)31-28(33)21-30-25-11-13-27(14-12-25)35-20-17-23-5-3-2-4-6-23/h2-14,22,30H,15-21H2,1H3,(H,31,33). The van der Waals surface area contributed by atoms with E-state index in [9.17, 15) is 9.59 Å². The molecule has 35 heavy (non-hydrogen) atoms. The fraction of sp³-hybridized carbons (Fsp3) is 0.310. The topological polar surface area (TPSA) is 70.7 Å². The fourth-order valence-corrected chi connectivity index (χ4v) is 4.08. The number of nitrogens with one attached hydrogen (secondary N) is 2. The van der Waals surface area contributed by atoms with Crippen molar-refractivity contribution in [3.05, 3.63) is 90.0 Å². The van der Waals surface area contributed by atoms with Crippen LogP contribution < -0.4 is 15.4 Å². The number of benzene rings is 3. The van der Waals surface area contributed by atoms with Crippen LogP contribution in [0.1, 0.15) is 35.7 Å². The maximum atomic E-state index is 12.7. The first-order valence-electron chi connectivity index (χ1n) is 12.3. The molecule has 0 radical (unpaired) electrons. The summed E-state index contributed by atoms with van der Waals surface area (Å²) in [6, 6.07) is 24.9. The Morgan fingerprint density at radius 1 is 0.886 bits per heavy atom. The van der Waals surface area contributed by atoms with Gasteiger partial charge in [-0.1, -0.05) is 37.3 Å². The molecule has 1 fully saturated rings. The second-order valence-corrected chi connectivity index (χ2v) is 9.06. The minimum atomic E-state index is -0.155. The Kier molecular flexibility index (Phi) is 8.39. The van der Waals surface area contributed by atoms with E-state index >= 15 is 0 Å². The molecule has 2 N–H and O–H groups in total. The number of ether oxygens (including phenoxy) is 1. The summed E-state index contributed by atoms with van der Waals surface area (Å²) in [6.45, 7) is 4.60. The summed E-state index contributed by atoms with van der Waals surface area (Å²) in [5, 5.41) is 5.99. The van der Waals surface area contributed by atoms with Crippen molar-refractivity contribution >= 4 is 23.2 Å². The van der Waals surface area contributed by atoms with E-state index in [0.717, 1.165) is 43.8 Å². The van der Waals surface area contributed by atoms with Gasteiger partial charge in [-0.2, -0.15) is 0 Å². The highest BCUT2D eigenvalue weighted by atomic mass is 16.5. The predicted octanol–water partition coefficient (Wildman–Crippen LogP) is 5.23. The van der Waals surface area contributed by atoms with Gasteiger partial charge in [-0.05, 0) is 72.9 Å². The number of rotatable bonds is 9. The molecule has 1 aliphatic rings. The summed E-state index contributed by atoms with van der Waals surface area (Å²) in [6.07, 6.45) is 2.96. The van der Waals surface area contributed by atoms with Crippen molar-refractivity contribution in [2.45, 2.75) is 26.2 Å². The van der Waals surface area contributed by atoms with Crippen molar-refractivity contribution in [2.75, 3.05) is 36.9 Å². The van der Waals surface area contributed by atoms with Crippen LogP contribution in [0.4, 0.5) is 11.4 Å². The minimum absolute atomic E-state index is 0.0592. The number of carbonyl (C=O) groups excluding carboxylic acids is 2. The monoisotopic (exact) mass is 471 g/mol. The molecule has 3 aromatic rings. The largest absolute Gasteiger partial charge is 0.493 e. The molecule has 0 aliphatic carbocycles. The van der Waals surface area contributed by atoms with E-state index in [0.29, 0.717) is 23.8 Å². The molecular formula is C29H33N3O3. The highest BCUT2D eigenvalue weighted by Gasteiger charge is 2.21. The number of anilines is 2. The number of hydrogen-bond acceptors (Lipinski definition) is 4. The van der Waals surface area contributed by atoms with Gasteiger partial charge in [0.1, 0.15) is 5.75 Å². The summed E-state index contributed by atoms with van der Waals surface area (Å²) >= 11 is 0. The first-order chi connectivity index (χ1) is 17.1. The van der Waals surface area contributed by atoms with Crippen LogP contribution in [0, 0.1) is 5.92 Å². The van der Waals surface area contributed by atoms with Crippen LogP contribution in [0.15, 0.2) is 78.9 Å². The maximum Gasteiger partial charge on any atom is 0.253 e. The summed E-state index contributed by atoms with van der Waals surface area (Å²) in [7, 11) is 0. The Balaban J connectivity index is 1.18. The molecule has 0 saturated carbocycles. The van der Waals surface area contributed by atoms with Gasteiger partial charge in [0.25, 0.3) is 5.91 Å². The minimum Gasteiger partial charge on any atom is -0.493 e. The molecule has 6 heteroatoms. The lowest BCUT2D eigenvalue weighted by Gasteiger charge is -2.30. The molecule has 0 aromatic heterocycles. The molecule has 3 aromatic carbocycles. The van der Waals surface area contributed by atoms with Crippen molar-refractivity contribution in [3.8, 4) is 5.75 Å². The lowest BCUT2D eigenvalue weighted by molar-refractivity contribution is -0.114. The second kappa shape index (κ2) is 12.1. The van der Waals surface area contributed by atoms with Crippen molar-refractivity contribution in [2.24, 2.45) is 5.92 Å². The summed E-state index contributed by atoms with van der Waals surface area (Å²) in [5.41, 5.74) is 3.41. The smallest absolute Gasteiger partial charge is 0.253 e. The normalized spacial score (nSPS) is 13.8. The molecule has 6 nitrogen and oxygen atoms in total. The summed E-state index contributed by atoms with van der Waals surface area (Å²) in [4.78, 5) is 26.9. The fourth-order valence-electron chi connectivity index (χ4n) is 4.08. The van der Waals surface area contributed by atoms with Crippen molar-refractivity contribution in [1.29, 1.82) is 0 Å². The first-order valence-corrected chi connectivity index (χ1v) is 12.3. The van der Waals surface area contributed by atoms with E-state index in [1.165, 1.54) is 5.56 Å². The highest BCUT2D eigenvalue weighted by Crippen LogP contribution is 2.19. The Morgan fingerprint density at radius 3 is 2.23 bits per heavy atom. The van der Waals surface area contributed by atoms with Gasteiger partial charge in [0.05, 0.1) is 13.2 Å². The third kappa shape index (κ3) is 7.34. The zero-order chi connectivity index (χ0) is 24.5. The number of likely N-dealkylation sites (tertiary alicyclic amines) is 1. The molecule has 0 spiro atoms. The van der Waals surface area contributed by atoms with Crippen LogP contribution in [0.25, 0.3) is 0 Å². The average Bonchev–Trinajstić information content (AvgIpc) is 2.89. The highest BCUT2D eigenvalue weighted by molar-refractivity contribution is 5.96. The Morgan fingerprint density at radius 2 is 1.54 bits per heavy atom. The van der Waals surface area contributed by atoms with Crippen LogP contribution in [0.5, 0.6) is 5.75 Å². The van der Waals surface area contributed by atoms with Gasteiger partial charge in [0.15, 0.2) is 0 Å². The Hall–Kier alpha value is -3.80. The van der Waals surface area contributed by atoms with Crippen LogP contribution in [-0.4, -0.2) is 43.0 Å². The molecule has 4 rings (SSSR count). The van der Waals surface area contributed by atoms with Gasteiger partial charge in [-0.15, -0.1) is 0 Å². The molecule has 1 saturated heterocycles. The lowest BCUT2D eigenvalue weighted by Crippen LogP contribution is -2.37. The number of carbonyl (C=O) groups is 2. The van der Waals surface area contributed by atoms with Crippen LogP contribution in [-0.2, 0) is 11.2 Å².